The molecule has 0 saturated carbocycles. The molecule has 0 fully saturated rings. The Bertz CT molecular complexity index is 109. The summed E-state index contributed by atoms with van der Waals surface area (Å²) in [6, 6.07) is 0. The molecule has 16 heavy (non-hydrogen) atoms. The molecule has 0 N–H and O–H groups in total. The lowest BCUT2D eigenvalue weighted by Gasteiger charge is -2.05. The van der Waals surface area contributed by atoms with Crippen molar-refractivity contribution in [1.82, 2.24) is 0 Å². The monoisotopic (exact) mass is 236 g/mol. The Morgan fingerprint density at radius 3 is 1.81 bits per heavy atom. The van der Waals surface area contributed by atoms with Gasteiger partial charge in [0.1, 0.15) is 6.67 Å². The van der Waals surface area contributed by atoms with Gasteiger partial charge in [-0.3, -0.25) is 0 Å². The van der Waals surface area contributed by atoms with E-state index in [4.69, 9.17) is 14.2 Å². The molecule has 4 heteroatoms. The molecule has 0 heterocycles. The quantitative estimate of drug-likeness (QED) is 0.460. The van der Waals surface area contributed by atoms with Gasteiger partial charge in [-0.2, -0.15) is 0 Å². The van der Waals surface area contributed by atoms with Gasteiger partial charge in [0.05, 0.1) is 33.0 Å². The Hall–Kier alpha value is -0.190. The largest absolute Gasteiger partial charge is 0.379 e. The first kappa shape index (κ1) is 15.8. The number of halogens is 1. The van der Waals surface area contributed by atoms with E-state index >= 15 is 0 Å². The lowest BCUT2D eigenvalue weighted by atomic mass is 10.2. The van der Waals surface area contributed by atoms with Crippen molar-refractivity contribution < 1.29 is 18.6 Å². The molecule has 3 nitrogen and oxygen atoms in total. The van der Waals surface area contributed by atoms with E-state index in [1.54, 1.807) is 0 Å². The van der Waals surface area contributed by atoms with Crippen LogP contribution in [0.25, 0.3) is 0 Å². The van der Waals surface area contributed by atoms with Gasteiger partial charge in [-0.25, -0.2) is 4.39 Å². The third-order valence-electron chi connectivity index (χ3n) is 2.11. The van der Waals surface area contributed by atoms with Crippen LogP contribution in [0.5, 0.6) is 0 Å². The Morgan fingerprint density at radius 2 is 1.25 bits per heavy atom. The molecule has 0 atom stereocenters. The zero-order chi connectivity index (χ0) is 11.9. The van der Waals surface area contributed by atoms with Gasteiger partial charge >= 0.3 is 0 Å². The maximum absolute atomic E-state index is 11.6. The fourth-order valence-electron chi connectivity index (χ4n) is 1.23. The highest BCUT2D eigenvalue weighted by Gasteiger charge is 1.92. The second-order valence-electron chi connectivity index (χ2n) is 3.59. The third kappa shape index (κ3) is 13.8. The molecule has 0 spiro atoms. The van der Waals surface area contributed by atoms with Crippen LogP contribution in [-0.4, -0.2) is 46.3 Å². The van der Waals surface area contributed by atoms with Gasteiger partial charge in [0.25, 0.3) is 0 Å². The number of hydrogen-bond acceptors (Lipinski definition) is 3. The first-order valence-corrected chi connectivity index (χ1v) is 6.21. The first-order chi connectivity index (χ1) is 7.91. The molecule has 0 aliphatic heterocycles. The molecule has 0 aliphatic rings. The Labute approximate surface area is 98.3 Å². The fraction of sp³-hybridized carbons (Fsp3) is 1.00. The van der Waals surface area contributed by atoms with E-state index in [-0.39, 0.29) is 6.61 Å². The minimum Gasteiger partial charge on any atom is -0.379 e. The number of hydrogen-bond donors (Lipinski definition) is 0. The molecule has 0 bridgehead atoms. The molecule has 0 rings (SSSR count). The molecule has 0 unspecified atom stereocenters. The summed E-state index contributed by atoms with van der Waals surface area (Å²) in [5.74, 6) is 0. The summed E-state index contributed by atoms with van der Waals surface area (Å²) in [5, 5.41) is 0. The van der Waals surface area contributed by atoms with E-state index in [0.29, 0.717) is 26.4 Å². The summed E-state index contributed by atoms with van der Waals surface area (Å²) in [5.41, 5.74) is 0. The molecular weight excluding hydrogens is 211 g/mol. The molecule has 0 amide bonds. The van der Waals surface area contributed by atoms with Gasteiger partial charge in [-0.15, -0.1) is 0 Å². The van der Waals surface area contributed by atoms with Crippen LogP contribution in [0.3, 0.4) is 0 Å². The summed E-state index contributed by atoms with van der Waals surface area (Å²) in [7, 11) is 0. The second kappa shape index (κ2) is 14.8. The van der Waals surface area contributed by atoms with Gasteiger partial charge in [0.15, 0.2) is 0 Å². The molecule has 0 aliphatic carbocycles. The molecule has 0 radical (unpaired) electrons. The SMILES string of the molecule is CCCCCCOCCOCCOCCF. The third-order valence-corrected chi connectivity index (χ3v) is 2.11. The van der Waals surface area contributed by atoms with Gasteiger partial charge in [0, 0.05) is 6.61 Å². The van der Waals surface area contributed by atoms with Crippen LogP contribution in [0.2, 0.25) is 0 Å². The van der Waals surface area contributed by atoms with Crippen molar-refractivity contribution in [1.29, 1.82) is 0 Å². The summed E-state index contributed by atoms with van der Waals surface area (Å²) < 4.78 is 27.1. The van der Waals surface area contributed by atoms with Crippen molar-refractivity contribution >= 4 is 0 Å². The van der Waals surface area contributed by atoms with Crippen molar-refractivity contribution in [2.75, 3.05) is 46.3 Å². The lowest BCUT2D eigenvalue weighted by Crippen LogP contribution is -2.10. The highest BCUT2D eigenvalue weighted by molar-refractivity contribution is 4.39. The summed E-state index contributed by atoms with van der Waals surface area (Å²) in [6.45, 7) is 4.95. The van der Waals surface area contributed by atoms with E-state index in [0.717, 1.165) is 13.0 Å². The molecule has 0 aromatic carbocycles. The van der Waals surface area contributed by atoms with E-state index < -0.39 is 6.67 Å². The predicted molar refractivity (Wildman–Crippen MR) is 62.6 cm³/mol. The second-order valence-corrected chi connectivity index (χ2v) is 3.59. The maximum Gasteiger partial charge on any atom is 0.113 e. The minimum atomic E-state index is -0.430. The first-order valence-electron chi connectivity index (χ1n) is 6.21. The Morgan fingerprint density at radius 1 is 0.688 bits per heavy atom. The van der Waals surface area contributed by atoms with E-state index in [9.17, 15) is 4.39 Å². The van der Waals surface area contributed by atoms with Gasteiger partial charge in [-0.1, -0.05) is 26.2 Å². The van der Waals surface area contributed by atoms with Crippen LogP contribution in [0.1, 0.15) is 32.6 Å². The number of alkyl halides is 1. The van der Waals surface area contributed by atoms with E-state index in [1.165, 1.54) is 19.3 Å². The van der Waals surface area contributed by atoms with Crippen molar-refractivity contribution in [2.24, 2.45) is 0 Å². The van der Waals surface area contributed by atoms with Crippen LogP contribution >= 0.6 is 0 Å². The molecule has 0 aromatic rings. The van der Waals surface area contributed by atoms with Gasteiger partial charge in [-0.05, 0) is 6.42 Å². The highest BCUT2D eigenvalue weighted by atomic mass is 19.1. The van der Waals surface area contributed by atoms with Crippen molar-refractivity contribution in [3.05, 3.63) is 0 Å². The standard InChI is InChI=1S/C12H25FO3/c1-2-3-4-5-7-14-9-11-16-12-10-15-8-6-13/h2-12H2,1H3. The molecule has 0 aromatic heterocycles. The Kier molecular flexibility index (Phi) is 14.6. The minimum absolute atomic E-state index is 0.164. The van der Waals surface area contributed by atoms with Gasteiger partial charge in [0.2, 0.25) is 0 Å². The summed E-state index contributed by atoms with van der Waals surface area (Å²) in [4.78, 5) is 0. The summed E-state index contributed by atoms with van der Waals surface area (Å²) in [6.07, 6.45) is 4.91. The van der Waals surface area contributed by atoms with E-state index in [1.807, 2.05) is 0 Å². The van der Waals surface area contributed by atoms with Crippen LogP contribution in [-0.2, 0) is 14.2 Å². The molecular formula is C12H25FO3. The van der Waals surface area contributed by atoms with Gasteiger partial charge < -0.3 is 14.2 Å². The topological polar surface area (TPSA) is 27.7 Å². The normalized spacial score (nSPS) is 10.9. The average Bonchev–Trinajstić information content (AvgIpc) is 2.31. The number of unbranched alkanes of at least 4 members (excludes halogenated alkanes) is 3. The number of rotatable bonds is 13. The zero-order valence-corrected chi connectivity index (χ0v) is 10.4. The molecule has 0 saturated heterocycles. The fourth-order valence-corrected chi connectivity index (χ4v) is 1.23. The van der Waals surface area contributed by atoms with E-state index in [2.05, 4.69) is 6.92 Å². The van der Waals surface area contributed by atoms with Crippen molar-refractivity contribution in [2.45, 2.75) is 32.6 Å². The highest BCUT2D eigenvalue weighted by Crippen LogP contribution is 1.98. The smallest absolute Gasteiger partial charge is 0.113 e. The lowest BCUT2D eigenvalue weighted by molar-refractivity contribution is 0.0117. The van der Waals surface area contributed by atoms with Crippen molar-refractivity contribution in [3.8, 4) is 0 Å². The van der Waals surface area contributed by atoms with Crippen LogP contribution < -0.4 is 0 Å². The maximum atomic E-state index is 11.6. The summed E-state index contributed by atoms with van der Waals surface area (Å²) >= 11 is 0. The predicted octanol–water partition coefficient (Wildman–Crippen LogP) is 2.59. The zero-order valence-electron chi connectivity index (χ0n) is 10.4. The number of ether oxygens (including phenoxy) is 3. The van der Waals surface area contributed by atoms with Crippen LogP contribution in [0, 0.1) is 0 Å². The Balaban J connectivity index is 2.83. The average molecular weight is 236 g/mol. The molecule has 98 valence electrons. The van der Waals surface area contributed by atoms with Crippen LogP contribution in [0.15, 0.2) is 0 Å². The van der Waals surface area contributed by atoms with Crippen molar-refractivity contribution in [3.63, 3.8) is 0 Å². The van der Waals surface area contributed by atoms with Crippen LogP contribution in [0.4, 0.5) is 4.39 Å².